The highest BCUT2D eigenvalue weighted by atomic mass is 19.1. The van der Waals surface area contributed by atoms with Crippen LogP contribution in [0.2, 0.25) is 0 Å². The third-order valence-electron chi connectivity index (χ3n) is 6.61. The van der Waals surface area contributed by atoms with E-state index in [1.165, 1.54) is 29.7 Å². The maximum atomic E-state index is 13.6. The normalized spacial score (nSPS) is 16.9. The molecular formula is C28H32FNO. The lowest BCUT2D eigenvalue weighted by Gasteiger charge is -2.42. The molecule has 1 N–H and O–H groups in total. The van der Waals surface area contributed by atoms with Gasteiger partial charge in [-0.25, -0.2) is 4.39 Å². The van der Waals surface area contributed by atoms with Crippen LogP contribution in [0.3, 0.4) is 0 Å². The molecule has 1 saturated heterocycles. The Labute approximate surface area is 185 Å². The van der Waals surface area contributed by atoms with E-state index in [9.17, 15) is 9.50 Å². The number of likely N-dealkylation sites (tertiary alicyclic amines) is 1. The lowest BCUT2D eigenvalue weighted by atomic mass is 9.85. The summed E-state index contributed by atoms with van der Waals surface area (Å²) in [6, 6.07) is 27.6. The minimum atomic E-state index is -1.05. The number of piperidine rings is 1. The van der Waals surface area contributed by atoms with Crippen molar-refractivity contribution in [3.05, 3.63) is 107 Å². The first kappa shape index (κ1) is 21.7. The molecule has 0 radical (unpaired) electrons. The van der Waals surface area contributed by atoms with Gasteiger partial charge in [-0.1, -0.05) is 79.2 Å². The summed E-state index contributed by atoms with van der Waals surface area (Å²) >= 11 is 0. The molecule has 1 atom stereocenters. The molecule has 0 aromatic heterocycles. The standard InChI is InChI=1S/C28H32FNO/c29-26-18-16-25(17-19-26)28(31,30-21-8-3-9-22-30)20-10-15-27(23-11-4-1-5-12-23)24-13-6-2-7-14-24/h1-2,4-7,11-14,16-19,27,31H,3,8-10,15,20-22H2. The maximum absolute atomic E-state index is 13.6. The van der Waals surface area contributed by atoms with E-state index < -0.39 is 5.72 Å². The molecule has 2 nitrogen and oxygen atoms in total. The van der Waals surface area contributed by atoms with Crippen LogP contribution in [0.15, 0.2) is 84.9 Å². The van der Waals surface area contributed by atoms with Gasteiger partial charge in [-0.2, -0.15) is 0 Å². The molecule has 1 aliphatic rings. The SMILES string of the molecule is OC(CCCC(c1ccccc1)c1ccccc1)(c1ccc(F)cc1)N1CCCCC1. The van der Waals surface area contributed by atoms with Crippen molar-refractivity contribution in [1.29, 1.82) is 0 Å². The Morgan fingerprint density at radius 3 is 1.87 bits per heavy atom. The Morgan fingerprint density at radius 1 is 0.774 bits per heavy atom. The van der Waals surface area contributed by atoms with Gasteiger partial charge in [0, 0.05) is 19.0 Å². The van der Waals surface area contributed by atoms with Gasteiger partial charge in [-0.3, -0.25) is 4.90 Å². The smallest absolute Gasteiger partial charge is 0.144 e. The molecule has 0 spiro atoms. The van der Waals surface area contributed by atoms with Crippen LogP contribution in [-0.4, -0.2) is 23.1 Å². The number of aliphatic hydroxyl groups is 1. The van der Waals surface area contributed by atoms with Gasteiger partial charge in [0.15, 0.2) is 0 Å². The van der Waals surface area contributed by atoms with Crippen LogP contribution in [-0.2, 0) is 5.72 Å². The summed E-state index contributed by atoms with van der Waals surface area (Å²) in [5.74, 6) is 0.0270. The van der Waals surface area contributed by atoms with Gasteiger partial charge in [-0.05, 0) is 60.9 Å². The Hall–Kier alpha value is -2.49. The van der Waals surface area contributed by atoms with Crippen molar-refractivity contribution in [3.63, 3.8) is 0 Å². The molecule has 162 valence electrons. The van der Waals surface area contributed by atoms with Crippen molar-refractivity contribution < 1.29 is 9.50 Å². The minimum Gasteiger partial charge on any atom is -0.371 e. The second kappa shape index (κ2) is 10.2. The Kier molecular flexibility index (Phi) is 7.16. The van der Waals surface area contributed by atoms with Gasteiger partial charge in [0.2, 0.25) is 0 Å². The first-order valence-electron chi connectivity index (χ1n) is 11.5. The van der Waals surface area contributed by atoms with E-state index >= 15 is 0 Å². The zero-order chi connectivity index (χ0) is 21.5. The van der Waals surface area contributed by atoms with E-state index in [4.69, 9.17) is 0 Å². The predicted molar refractivity (Wildman–Crippen MR) is 124 cm³/mol. The molecule has 3 aromatic carbocycles. The molecule has 3 aromatic rings. The lowest BCUT2D eigenvalue weighted by molar-refractivity contribution is -0.131. The van der Waals surface area contributed by atoms with Crippen LogP contribution >= 0.6 is 0 Å². The van der Waals surface area contributed by atoms with Crippen molar-refractivity contribution in [2.24, 2.45) is 0 Å². The molecule has 1 heterocycles. The van der Waals surface area contributed by atoms with Crippen LogP contribution < -0.4 is 0 Å². The second-order valence-electron chi connectivity index (χ2n) is 8.64. The van der Waals surface area contributed by atoms with Crippen molar-refractivity contribution in [2.45, 2.75) is 50.2 Å². The molecule has 1 fully saturated rings. The Balaban J connectivity index is 1.55. The molecule has 31 heavy (non-hydrogen) atoms. The molecule has 0 amide bonds. The molecule has 0 saturated carbocycles. The average Bonchev–Trinajstić information content (AvgIpc) is 2.84. The molecule has 3 heteroatoms. The van der Waals surface area contributed by atoms with Gasteiger partial charge in [0.25, 0.3) is 0 Å². The summed E-state index contributed by atoms with van der Waals surface area (Å²) in [4.78, 5) is 2.20. The maximum Gasteiger partial charge on any atom is 0.144 e. The highest BCUT2D eigenvalue weighted by molar-refractivity contribution is 5.32. The summed E-state index contributed by atoms with van der Waals surface area (Å²) in [7, 11) is 0. The number of hydrogen-bond donors (Lipinski definition) is 1. The van der Waals surface area contributed by atoms with Crippen LogP contribution in [0.25, 0.3) is 0 Å². The van der Waals surface area contributed by atoms with Crippen molar-refractivity contribution >= 4 is 0 Å². The largest absolute Gasteiger partial charge is 0.371 e. The fourth-order valence-electron chi connectivity index (χ4n) is 4.91. The van der Waals surface area contributed by atoms with Gasteiger partial charge in [0.1, 0.15) is 11.5 Å². The summed E-state index contributed by atoms with van der Waals surface area (Å²) in [5, 5.41) is 11.9. The number of halogens is 1. The quantitative estimate of drug-likeness (QED) is 0.455. The highest BCUT2D eigenvalue weighted by Gasteiger charge is 2.36. The third kappa shape index (κ3) is 5.23. The van der Waals surface area contributed by atoms with E-state index in [0.717, 1.165) is 44.3 Å². The van der Waals surface area contributed by atoms with Crippen molar-refractivity contribution in [3.8, 4) is 0 Å². The molecule has 0 aliphatic carbocycles. The molecule has 4 rings (SSSR count). The van der Waals surface area contributed by atoms with Gasteiger partial charge >= 0.3 is 0 Å². The summed E-state index contributed by atoms with van der Waals surface area (Å²) < 4.78 is 13.6. The summed E-state index contributed by atoms with van der Waals surface area (Å²) in [6.45, 7) is 1.77. The van der Waals surface area contributed by atoms with E-state index in [-0.39, 0.29) is 5.82 Å². The summed E-state index contributed by atoms with van der Waals surface area (Å²) in [5.41, 5.74) is 2.35. The van der Waals surface area contributed by atoms with Crippen LogP contribution in [0, 0.1) is 5.82 Å². The Bertz CT molecular complexity index is 883. The first-order chi connectivity index (χ1) is 15.2. The molecular weight excluding hydrogens is 385 g/mol. The number of benzene rings is 3. The van der Waals surface area contributed by atoms with Gasteiger partial charge in [-0.15, -0.1) is 0 Å². The molecule has 1 aliphatic heterocycles. The van der Waals surface area contributed by atoms with Gasteiger partial charge in [0.05, 0.1) is 0 Å². The lowest BCUT2D eigenvalue weighted by Crippen LogP contribution is -2.48. The first-order valence-corrected chi connectivity index (χ1v) is 11.5. The molecule has 1 unspecified atom stereocenters. The fraction of sp³-hybridized carbons (Fsp3) is 0.357. The minimum absolute atomic E-state index is 0.266. The van der Waals surface area contributed by atoms with Crippen LogP contribution in [0.1, 0.15) is 61.1 Å². The van der Waals surface area contributed by atoms with Crippen LogP contribution in [0.5, 0.6) is 0 Å². The zero-order valence-electron chi connectivity index (χ0n) is 18.1. The van der Waals surface area contributed by atoms with E-state index in [0.29, 0.717) is 12.3 Å². The molecule has 0 bridgehead atoms. The fourth-order valence-corrected chi connectivity index (χ4v) is 4.91. The van der Waals surface area contributed by atoms with Gasteiger partial charge < -0.3 is 5.11 Å². The summed E-state index contributed by atoms with van der Waals surface area (Å²) in [6.07, 6.45) is 5.86. The van der Waals surface area contributed by atoms with E-state index in [1.807, 2.05) is 0 Å². The monoisotopic (exact) mass is 417 g/mol. The third-order valence-corrected chi connectivity index (χ3v) is 6.61. The number of hydrogen-bond acceptors (Lipinski definition) is 2. The zero-order valence-corrected chi connectivity index (χ0v) is 18.1. The average molecular weight is 418 g/mol. The van der Waals surface area contributed by atoms with E-state index in [2.05, 4.69) is 65.6 Å². The topological polar surface area (TPSA) is 23.5 Å². The number of nitrogens with zero attached hydrogens (tertiary/aromatic N) is 1. The second-order valence-corrected chi connectivity index (χ2v) is 8.64. The van der Waals surface area contributed by atoms with Crippen molar-refractivity contribution in [1.82, 2.24) is 4.90 Å². The predicted octanol–water partition coefficient (Wildman–Crippen LogP) is 6.46. The number of rotatable bonds is 8. The highest BCUT2D eigenvalue weighted by Crippen LogP contribution is 2.36. The van der Waals surface area contributed by atoms with Crippen molar-refractivity contribution in [2.75, 3.05) is 13.1 Å². The van der Waals surface area contributed by atoms with E-state index in [1.54, 1.807) is 12.1 Å². The Morgan fingerprint density at radius 2 is 1.32 bits per heavy atom. The van der Waals surface area contributed by atoms with Crippen LogP contribution in [0.4, 0.5) is 4.39 Å².